The van der Waals surface area contributed by atoms with E-state index in [-0.39, 0.29) is 5.91 Å². The maximum Gasteiger partial charge on any atom is 0.251 e. The predicted molar refractivity (Wildman–Crippen MR) is 101 cm³/mol. The second kappa shape index (κ2) is 8.87. The van der Waals surface area contributed by atoms with Gasteiger partial charge in [-0.25, -0.2) is 0 Å². The average Bonchev–Trinajstić information content (AvgIpc) is 2.62. The van der Waals surface area contributed by atoms with Crippen LogP contribution < -0.4 is 16.0 Å². The first-order valence-corrected chi connectivity index (χ1v) is 8.46. The zero-order valence-corrected chi connectivity index (χ0v) is 14.7. The minimum Gasteiger partial charge on any atom is -0.375 e. The third kappa shape index (κ3) is 5.35. The van der Waals surface area contributed by atoms with Crippen molar-refractivity contribution in [2.24, 2.45) is 5.73 Å². The molecule has 0 fully saturated rings. The summed E-state index contributed by atoms with van der Waals surface area (Å²) in [5.41, 5.74) is 7.95. The first kappa shape index (κ1) is 18.5. The van der Waals surface area contributed by atoms with Gasteiger partial charge in [0.1, 0.15) is 6.04 Å². The Morgan fingerprint density at radius 3 is 2.28 bits per heavy atom. The number of hydrogen-bond donors (Lipinski definition) is 2. The van der Waals surface area contributed by atoms with Crippen LogP contribution in [0.1, 0.15) is 29.3 Å². The number of primary amides is 1. The zero-order valence-electron chi connectivity index (χ0n) is 14.7. The number of nitrogens with zero attached hydrogens (tertiary/aromatic N) is 1. The lowest BCUT2D eigenvalue weighted by molar-refractivity contribution is -0.119. The predicted octanol–water partition coefficient (Wildman–Crippen LogP) is 2.36. The highest BCUT2D eigenvalue weighted by molar-refractivity contribution is 5.97. The molecule has 2 aromatic carbocycles. The average molecular weight is 339 g/mol. The van der Waals surface area contributed by atoms with Gasteiger partial charge >= 0.3 is 0 Å². The Hall–Kier alpha value is -2.82. The van der Waals surface area contributed by atoms with Crippen molar-refractivity contribution in [3.63, 3.8) is 0 Å². The fourth-order valence-electron chi connectivity index (χ4n) is 2.65. The molecule has 0 aromatic heterocycles. The summed E-state index contributed by atoms with van der Waals surface area (Å²) < 4.78 is 0. The summed E-state index contributed by atoms with van der Waals surface area (Å²) in [7, 11) is 2.02. The fraction of sp³-hybridized carbons (Fsp3) is 0.300. The SMILES string of the molecule is CCCN(C)c1ccc(C(=O)N[C@H](Cc2ccccc2)C(N)=O)cc1. The van der Waals surface area contributed by atoms with Crippen molar-refractivity contribution in [2.75, 3.05) is 18.5 Å². The molecule has 0 saturated heterocycles. The highest BCUT2D eigenvalue weighted by Crippen LogP contribution is 2.14. The van der Waals surface area contributed by atoms with Gasteiger partial charge in [-0.3, -0.25) is 9.59 Å². The minimum atomic E-state index is -0.739. The molecule has 0 aliphatic rings. The van der Waals surface area contributed by atoms with Gasteiger partial charge in [-0.2, -0.15) is 0 Å². The first-order chi connectivity index (χ1) is 12.0. The minimum absolute atomic E-state index is 0.301. The number of carbonyl (C=O) groups is 2. The number of amides is 2. The lowest BCUT2D eigenvalue weighted by Gasteiger charge is -2.19. The van der Waals surface area contributed by atoms with Crippen molar-refractivity contribution in [1.82, 2.24) is 5.32 Å². The molecular formula is C20H25N3O2. The molecule has 5 nitrogen and oxygen atoms in total. The first-order valence-electron chi connectivity index (χ1n) is 8.46. The maximum absolute atomic E-state index is 12.4. The maximum atomic E-state index is 12.4. The molecule has 2 rings (SSSR count). The molecule has 132 valence electrons. The van der Waals surface area contributed by atoms with Crippen molar-refractivity contribution in [2.45, 2.75) is 25.8 Å². The molecule has 5 heteroatoms. The van der Waals surface area contributed by atoms with Crippen LogP contribution in [0.25, 0.3) is 0 Å². The molecule has 0 radical (unpaired) electrons. The Kier molecular flexibility index (Phi) is 6.57. The molecule has 0 heterocycles. The van der Waals surface area contributed by atoms with E-state index in [0.717, 1.165) is 24.2 Å². The summed E-state index contributed by atoms with van der Waals surface area (Å²) in [5, 5.41) is 2.73. The summed E-state index contributed by atoms with van der Waals surface area (Å²) in [6.07, 6.45) is 1.43. The Morgan fingerprint density at radius 2 is 1.72 bits per heavy atom. The Bertz CT molecular complexity index is 699. The van der Waals surface area contributed by atoms with Crippen LogP contribution in [0.15, 0.2) is 54.6 Å². The number of anilines is 1. The fourth-order valence-corrected chi connectivity index (χ4v) is 2.65. The van der Waals surface area contributed by atoms with E-state index in [0.29, 0.717) is 12.0 Å². The number of rotatable bonds is 8. The third-order valence-corrected chi connectivity index (χ3v) is 4.06. The molecule has 2 amide bonds. The summed E-state index contributed by atoms with van der Waals surface area (Å²) in [5.74, 6) is -0.846. The highest BCUT2D eigenvalue weighted by atomic mass is 16.2. The summed E-state index contributed by atoms with van der Waals surface area (Å²) in [6, 6.07) is 16.1. The Morgan fingerprint density at radius 1 is 1.08 bits per heavy atom. The van der Waals surface area contributed by atoms with Gasteiger partial charge in [-0.1, -0.05) is 37.3 Å². The van der Waals surface area contributed by atoms with E-state index in [1.54, 1.807) is 12.1 Å². The molecular weight excluding hydrogens is 314 g/mol. The topological polar surface area (TPSA) is 75.4 Å². The molecule has 0 aliphatic heterocycles. The van der Waals surface area contributed by atoms with Crippen LogP contribution in [-0.2, 0) is 11.2 Å². The normalized spacial score (nSPS) is 11.6. The van der Waals surface area contributed by atoms with Gasteiger partial charge in [0.2, 0.25) is 5.91 Å². The van der Waals surface area contributed by atoms with Crippen molar-refractivity contribution in [3.05, 3.63) is 65.7 Å². The monoisotopic (exact) mass is 339 g/mol. The van der Waals surface area contributed by atoms with E-state index in [4.69, 9.17) is 5.73 Å². The lowest BCUT2D eigenvalue weighted by atomic mass is 10.0. The number of benzene rings is 2. The summed E-state index contributed by atoms with van der Waals surface area (Å²) >= 11 is 0. The van der Waals surface area contributed by atoms with Crippen LogP contribution in [0.4, 0.5) is 5.69 Å². The largest absolute Gasteiger partial charge is 0.375 e. The van der Waals surface area contributed by atoms with E-state index in [1.807, 2.05) is 49.5 Å². The second-order valence-electron chi connectivity index (χ2n) is 6.09. The van der Waals surface area contributed by atoms with Crippen LogP contribution in [0, 0.1) is 0 Å². The molecule has 2 aromatic rings. The van der Waals surface area contributed by atoms with Crippen LogP contribution in [0.2, 0.25) is 0 Å². The molecule has 0 unspecified atom stereocenters. The van der Waals surface area contributed by atoms with Crippen molar-refractivity contribution >= 4 is 17.5 Å². The lowest BCUT2D eigenvalue weighted by Crippen LogP contribution is -2.45. The van der Waals surface area contributed by atoms with E-state index in [1.165, 1.54) is 0 Å². The standard InChI is InChI=1S/C20H25N3O2/c1-3-13-23(2)17-11-9-16(10-12-17)20(25)22-18(19(21)24)14-15-7-5-4-6-8-15/h4-12,18H,3,13-14H2,1-2H3,(H2,21,24)(H,22,25)/t18-/m1/s1. The van der Waals surface area contributed by atoms with Crippen LogP contribution in [0.5, 0.6) is 0 Å². The van der Waals surface area contributed by atoms with E-state index in [2.05, 4.69) is 17.1 Å². The molecule has 0 aliphatic carbocycles. The number of carbonyl (C=O) groups excluding carboxylic acids is 2. The van der Waals surface area contributed by atoms with Crippen molar-refractivity contribution in [3.8, 4) is 0 Å². The van der Waals surface area contributed by atoms with Crippen LogP contribution >= 0.6 is 0 Å². The second-order valence-corrected chi connectivity index (χ2v) is 6.09. The molecule has 0 spiro atoms. The van der Waals surface area contributed by atoms with Gasteiger partial charge in [-0.15, -0.1) is 0 Å². The van der Waals surface area contributed by atoms with Gasteiger partial charge < -0.3 is 16.0 Å². The number of nitrogens with one attached hydrogen (secondary N) is 1. The Balaban J connectivity index is 2.04. The third-order valence-electron chi connectivity index (χ3n) is 4.06. The van der Waals surface area contributed by atoms with E-state index in [9.17, 15) is 9.59 Å². The van der Waals surface area contributed by atoms with Gasteiger partial charge in [-0.05, 0) is 36.2 Å². The summed E-state index contributed by atoms with van der Waals surface area (Å²) in [4.78, 5) is 26.2. The zero-order chi connectivity index (χ0) is 18.2. The number of nitrogens with two attached hydrogens (primary N) is 1. The number of hydrogen-bond acceptors (Lipinski definition) is 3. The van der Waals surface area contributed by atoms with Crippen LogP contribution in [-0.4, -0.2) is 31.4 Å². The highest BCUT2D eigenvalue weighted by Gasteiger charge is 2.19. The van der Waals surface area contributed by atoms with E-state index >= 15 is 0 Å². The van der Waals surface area contributed by atoms with E-state index < -0.39 is 11.9 Å². The van der Waals surface area contributed by atoms with Crippen molar-refractivity contribution in [1.29, 1.82) is 0 Å². The molecule has 1 atom stereocenters. The van der Waals surface area contributed by atoms with Gasteiger partial charge in [0.25, 0.3) is 5.91 Å². The van der Waals surface area contributed by atoms with Crippen molar-refractivity contribution < 1.29 is 9.59 Å². The molecule has 25 heavy (non-hydrogen) atoms. The summed E-state index contributed by atoms with van der Waals surface area (Å²) in [6.45, 7) is 3.07. The van der Waals surface area contributed by atoms with Gasteiger partial charge in [0.05, 0.1) is 0 Å². The molecule has 0 saturated carbocycles. The molecule has 0 bridgehead atoms. The molecule has 3 N–H and O–H groups in total. The van der Waals surface area contributed by atoms with Crippen LogP contribution in [0.3, 0.4) is 0 Å². The quantitative estimate of drug-likeness (QED) is 0.775. The van der Waals surface area contributed by atoms with Gasteiger partial charge in [0.15, 0.2) is 0 Å². The van der Waals surface area contributed by atoms with Gasteiger partial charge in [0, 0.05) is 31.3 Å². The Labute approximate surface area is 148 Å². The smallest absolute Gasteiger partial charge is 0.251 e.